The fourth-order valence-corrected chi connectivity index (χ4v) is 4.03. The average Bonchev–Trinajstić information content (AvgIpc) is 2.14. The molecule has 0 aromatic rings. The zero-order valence-electron chi connectivity index (χ0n) is 10.2. The molecule has 1 aliphatic rings. The van der Waals surface area contributed by atoms with Crippen LogP contribution in [0.3, 0.4) is 0 Å². The molecule has 7 heteroatoms. The predicted octanol–water partition coefficient (Wildman–Crippen LogP) is 0.538. The van der Waals surface area contributed by atoms with Gasteiger partial charge in [-0.05, 0) is 26.2 Å². The first-order valence-corrected chi connectivity index (χ1v) is 7.78. The molecule has 0 heterocycles. The van der Waals surface area contributed by atoms with E-state index in [-0.39, 0.29) is 17.1 Å². The Morgan fingerprint density at radius 1 is 1.53 bits per heavy atom. The Bertz CT molecular complexity index is 364. The van der Waals surface area contributed by atoms with E-state index in [0.29, 0.717) is 13.0 Å². The Labute approximate surface area is 108 Å². The van der Waals surface area contributed by atoms with Crippen molar-refractivity contribution in [2.24, 2.45) is 5.73 Å². The summed E-state index contributed by atoms with van der Waals surface area (Å²) in [5, 5.41) is -0.774. The van der Waals surface area contributed by atoms with Crippen LogP contribution in [-0.2, 0) is 14.8 Å². The predicted molar refractivity (Wildman–Crippen MR) is 71.4 cm³/mol. The lowest BCUT2D eigenvalue weighted by atomic mass is 9.90. The van der Waals surface area contributed by atoms with E-state index in [4.69, 9.17) is 22.7 Å². The summed E-state index contributed by atoms with van der Waals surface area (Å²) < 4.78 is 31.9. The third-order valence-corrected chi connectivity index (χ3v) is 5.32. The maximum atomic E-state index is 12.0. The number of nitrogens with one attached hydrogen (secondary N) is 1. The van der Waals surface area contributed by atoms with Gasteiger partial charge in [-0.2, -0.15) is 0 Å². The van der Waals surface area contributed by atoms with Gasteiger partial charge in [0.2, 0.25) is 10.0 Å². The Kier molecular flexibility index (Phi) is 5.30. The van der Waals surface area contributed by atoms with Crippen LogP contribution in [0, 0.1) is 0 Å². The zero-order chi connectivity index (χ0) is 13.1. The van der Waals surface area contributed by atoms with Gasteiger partial charge in [0, 0.05) is 12.6 Å². The number of ether oxygens (including phenoxy) is 1. The minimum absolute atomic E-state index is 0.0284. The summed E-state index contributed by atoms with van der Waals surface area (Å²) >= 11 is 4.77. The van der Waals surface area contributed by atoms with Crippen molar-refractivity contribution >= 4 is 27.2 Å². The molecule has 0 amide bonds. The maximum absolute atomic E-state index is 12.0. The smallest absolute Gasteiger partial charge is 0.221 e. The molecule has 0 saturated heterocycles. The van der Waals surface area contributed by atoms with E-state index in [1.165, 1.54) is 0 Å². The van der Waals surface area contributed by atoms with E-state index in [9.17, 15) is 8.42 Å². The van der Waals surface area contributed by atoms with Crippen LogP contribution in [0.1, 0.15) is 33.1 Å². The Morgan fingerprint density at radius 2 is 2.12 bits per heavy atom. The average molecular weight is 280 g/mol. The van der Waals surface area contributed by atoms with Gasteiger partial charge in [0.1, 0.15) is 5.25 Å². The lowest BCUT2D eigenvalue weighted by Gasteiger charge is -2.35. The largest absolute Gasteiger partial charge is 0.392 e. The molecule has 1 rings (SSSR count). The van der Waals surface area contributed by atoms with E-state index in [1.54, 1.807) is 6.92 Å². The van der Waals surface area contributed by atoms with Gasteiger partial charge >= 0.3 is 0 Å². The van der Waals surface area contributed by atoms with E-state index in [1.807, 2.05) is 6.92 Å². The monoisotopic (exact) mass is 280 g/mol. The van der Waals surface area contributed by atoms with Crippen molar-refractivity contribution in [3.05, 3.63) is 0 Å². The molecule has 0 spiro atoms. The van der Waals surface area contributed by atoms with E-state index < -0.39 is 15.3 Å². The molecule has 1 atom stereocenters. The summed E-state index contributed by atoms with van der Waals surface area (Å²) in [6.45, 7) is 4.35. The number of sulfonamides is 1. The van der Waals surface area contributed by atoms with Gasteiger partial charge in [0.15, 0.2) is 0 Å². The highest BCUT2D eigenvalue weighted by molar-refractivity contribution is 7.93. The summed E-state index contributed by atoms with van der Waals surface area (Å²) in [5.74, 6) is 0. The maximum Gasteiger partial charge on any atom is 0.221 e. The molecule has 100 valence electrons. The molecule has 1 fully saturated rings. The second-order valence-electron chi connectivity index (χ2n) is 4.21. The molecule has 5 nitrogen and oxygen atoms in total. The third-order valence-electron chi connectivity index (χ3n) is 2.89. The lowest BCUT2D eigenvalue weighted by molar-refractivity contribution is -0.00477. The molecular formula is C10H20N2O3S2. The molecule has 1 aliphatic carbocycles. The van der Waals surface area contributed by atoms with Crippen LogP contribution in [0.5, 0.6) is 0 Å². The molecule has 3 N–H and O–H groups in total. The standard InChI is InChI=1S/C10H20N2O3S2/c1-3-9(10(11)16)17(13,14)12-7-5-8(6-7)15-4-2/h7-9,12H,3-6H2,1-2H3,(H2,11,16). The SMILES string of the molecule is CCOC1CC(NS(=O)(=O)C(CC)C(N)=S)C1. The van der Waals surface area contributed by atoms with Gasteiger partial charge in [0.25, 0.3) is 0 Å². The lowest BCUT2D eigenvalue weighted by Crippen LogP contribution is -2.52. The molecule has 0 aromatic carbocycles. The highest BCUT2D eigenvalue weighted by atomic mass is 32.2. The van der Waals surface area contributed by atoms with E-state index >= 15 is 0 Å². The second kappa shape index (κ2) is 6.08. The van der Waals surface area contributed by atoms with Crippen LogP contribution in [0.2, 0.25) is 0 Å². The van der Waals surface area contributed by atoms with Gasteiger partial charge in [0.05, 0.1) is 11.1 Å². The number of hydrogen-bond donors (Lipinski definition) is 2. The number of nitrogens with two attached hydrogens (primary N) is 1. The number of rotatable bonds is 7. The normalized spacial score (nSPS) is 26.2. The van der Waals surface area contributed by atoms with Gasteiger partial charge in [-0.3, -0.25) is 0 Å². The molecule has 1 unspecified atom stereocenters. The Morgan fingerprint density at radius 3 is 2.53 bits per heavy atom. The first-order chi connectivity index (χ1) is 7.90. The van der Waals surface area contributed by atoms with Crippen molar-refractivity contribution in [1.82, 2.24) is 4.72 Å². The zero-order valence-corrected chi connectivity index (χ0v) is 11.8. The minimum Gasteiger partial charge on any atom is -0.392 e. The summed E-state index contributed by atoms with van der Waals surface area (Å²) in [4.78, 5) is 0.0284. The molecular weight excluding hydrogens is 260 g/mol. The molecule has 0 aliphatic heterocycles. The second-order valence-corrected chi connectivity index (χ2v) is 6.57. The minimum atomic E-state index is -3.44. The van der Waals surface area contributed by atoms with Crippen molar-refractivity contribution in [1.29, 1.82) is 0 Å². The van der Waals surface area contributed by atoms with Gasteiger partial charge in [-0.15, -0.1) is 0 Å². The van der Waals surface area contributed by atoms with Crippen molar-refractivity contribution in [3.8, 4) is 0 Å². The van der Waals surface area contributed by atoms with E-state index in [2.05, 4.69) is 4.72 Å². The highest BCUT2D eigenvalue weighted by Gasteiger charge is 2.35. The summed E-state index contributed by atoms with van der Waals surface area (Å²) in [6.07, 6.45) is 2.02. The van der Waals surface area contributed by atoms with Crippen molar-refractivity contribution in [2.75, 3.05) is 6.61 Å². The van der Waals surface area contributed by atoms with Gasteiger partial charge < -0.3 is 10.5 Å². The quantitative estimate of drug-likeness (QED) is 0.665. The molecule has 0 bridgehead atoms. The summed E-state index contributed by atoms with van der Waals surface area (Å²) in [5.41, 5.74) is 5.43. The van der Waals surface area contributed by atoms with Crippen molar-refractivity contribution in [2.45, 2.75) is 50.5 Å². The van der Waals surface area contributed by atoms with Crippen LogP contribution in [-0.4, -0.2) is 37.4 Å². The van der Waals surface area contributed by atoms with Crippen molar-refractivity contribution in [3.63, 3.8) is 0 Å². The van der Waals surface area contributed by atoms with Gasteiger partial charge in [-0.25, -0.2) is 13.1 Å². The van der Waals surface area contributed by atoms with Crippen LogP contribution >= 0.6 is 12.2 Å². The van der Waals surface area contributed by atoms with E-state index in [0.717, 1.165) is 12.8 Å². The summed E-state index contributed by atoms with van der Waals surface area (Å²) in [7, 11) is -3.44. The van der Waals surface area contributed by atoms with Crippen LogP contribution < -0.4 is 10.5 Å². The Hall–Kier alpha value is -0.240. The topological polar surface area (TPSA) is 81.4 Å². The third kappa shape index (κ3) is 3.87. The Balaban J connectivity index is 2.49. The fraction of sp³-hybridized carbons (Fsp3) is 0.900. The number of thiocarbonyl (C=S) groups is 1. The molecule has 17 heavy (non-hydrogen) atoms. The molecule has 0 aromatic heterocycles. The van der Waals surface area contributed by atoms with Gasteiger partial charge in [-0.1, -0.05) is 19.1 Å². The van der Waals surface area contributed by atoms with Crippen LogP contribution in [0.25, 0.3) is 0 Å². The summed E-state index contributed by atoms with van der Waals surface area (Å²) in [6, 6.07) is -0.0417. The first kappa shape index (κ1) is 14.8. The molecule has 0 radical (unpaired) electrons. The van der Waals surface area contributed by atoms with Crippen LogP contribution in [0.15, 0.2) is 0 Å². The highest BCUT2D eigenvalue weighted by Crippen LogP contribution is 2.24. The first-order valence-electron chi connectivity index (χ1n) is 5.82. The molecule has 1 saturated carbocycles. The van der Waals surface area contributed by atoms with Crippen LogP contribution in [0.4, 0.5) is 0 Å². The van der Waals surface area contributed by atoms with Crippen molar-refractivity contribution < 1.29 is 13.2 Å². The fourth-order valence-electron chi connectivity index (χ4n) is 1.92. The number of hydrogen-bond acceptors (Lipinski definition) is 4.